The van der Waals surface area contributed by atoms with Gasteiger partial charge in [-0.05, 0) is 6.42 Å². The molecule has 6 N–H and O–H groups in total. The smallest absolute Gasteiger partial charge is 0.101 e. The average Bonchev–Trinajstić information content (AvgIpc) is 1.64. The molecule has 0 rings (SSSR count). The predicted molar refractivity (Wildman–Crippen MR) is 52.1 cm³/mol. The lowest BCUT2D eigenvalue weighted by molar-refractivity contribution is 0.828. The third kappa shape index (κ3) is 5.94. The number of hydrogen-bond acceptors (Lipinski definition) is 2. The van der Waals surface area contributed by atoms with Crippen LogP contribution >= 0.6 is 24.8 Å². The second kappa shape index (κ2) is 7.63. The molecule has 0 aromatic rings. The van der Waals surface area contributed by atoms with Crippen molar-refractivity contribution in [2.75, 3.05) is 0 Å². The van der Waals surface area contributed by atoms with Crippen LogP contribution in [0.3, 0.4) is 0 Å². The molecule has 0 atom stereocenters. The Morgan fingerprint density at radius 2 is 1.45 bits per heavy atom. The van der Waals surface area contributed by atoms with E-state index in [1.54, 1.807) is 0 Å². The standard InChI is InChI=1S/C5H12N4.2ClH/c1-2-3(4(6)7)5(8)9;;/h3H,2H2,1H3,(H3,6,7)(H3,8,9);2*1H. The first-order chi connectivity index (χ1) is 4.09. The van der Waals surface area contributed by atoms with E-state index in [0.717, 1.165) is 0 Å². The van der Waals surface area contributed by atoms with E-state index in [4.69, 9.17) is 22.3 Å². The Labute approximate surface area is 78.6 Å². The Hall–Kier alpha value is -0.480. The van der Waals surface area contributed by atoms with Crippen molar-refractivity contribution in [1.29, 1.82) is 10.8 Å². The van der Waals surface area contributed by atoms with Gasteiger partial charge in [0.2, 0.25) is 0 Å². The third-order valence-corrected chi connectivity index (χ3v) is 1.16. The molecule has 0 aliphatic rings. The van der Waals surface area contributed by atoms with Crippen LogP contribution in [0.1, 0.15) is 13.3 Å². The van der Waals surface area contributed by atoms with Crippen LogP contribution in [-0.4, -0.2) is 11.7 Å². The third-order valence-electron chi connectivity index (χ3n) is 1.16. The maximum absolute atomic E-state index is 6.94. The van der Waals surface area contributed by atoms with E-state index in [0.29, 0.717) is 6.42 Å². The van der Waals surface area contributed by atoms with Gasteiger partial charge in [-0.1, -0.05) is 6.92 Å². The van der Waals surface area contributed by atoms with Crippen LogP contribution < -0.4 is 11.5 Å². The molecule has 0 aliphatic heterocycles. The molecule has 0 unspecified atom stereocenters. The number of halogens is 2. The molecule has 11 heavy (non-hydrogen) atoms. The van der Waals surface area contributed by atoms with Crippen LogP contribution in [0.2, 0.25) is 0 Å². The molecule has 0 aliphatic carbocycles. The summed E-state index contributed by atoms with van der Waals surface area (Å²) in [6.07, 6.45) is 0.630. The van der Waals surface area contributed by atoms with E-state index in [1.165, 1.54) is 0 Å². The van der Waals surface area contributed by atoms with E-state index < -0.39 is 0 Å². The summed E-state index contributed by atoms with van der Waals surface area (Å²) in [5.74, 6) is -0.403. The number of nitrogens with two attached hydrogens (primary N) is 2. The maximum Gasteiger partial charge on any atom is 0.101 e. The van der Waals surface area contributed by atoms with Gasteiger partial charge in [0.25, 0.3) is 0 Å². The van der Waals surface area contributed by atoms with Crippen molar-refractivity contribution >= 4 is 36.5 Å². The highest BCUT2D eigenvalue weighted by Gasteiger charge is 2.11. The summed E-state index contributed by atoms with van der Waals surface area (Å²) in [4.78, 5) is 0. The molecule has 6 heteroatoms. The topological polar surface area (TPSA) is 99.7 Å². The normalized spacial score (nSPS) is 10.3. The lowest BCUT2D eigenvalue weighted by Crippen LogP contribution is -2.33. The molecule has 0 fully saturated rings. The van der Waals surface area contributed by atoms with Crippen molar-refractivity contribution in [3.63, 3.8) is 0 Å². The SMILES string of the molecule is CCC(C(=N)N)C(=N)N.Cl.Cl. The lowest BCUT2D eigenvalue weighted by atomic mass is 10.1. The Kier molecular flexibility index (Phi) is 11.7. The average molecular weight is 201 g/mol. The molecular weight excluding hydrogens is 187 g/mol. The van der Waals surface area contributed by atoms with Crippen LogP contribution in [0.15, 0.2) is 0 Å². The minimum atomic E-state index is -0.356. The van der Waals surface area contributed by atoms with Gasteiger partial charge in [-0.15, -0.1) is 24.8 Å². The Morgan fingerprint density at radius 1 is 1.18 bits per heavy atom. The molecule has 0 heterocycles. The number of rotatable bonds is 3. The summed E-state index contributed by atoms with van der Waals surface area (Å²) >= 11 is 0. The van der Waals surface area contributed by atoms with Gasteiger partial charge in [0.05, 0.1) is 5.92 Å². The van der Waals surface area contributed by atoms with E-state index in [2.05, 4.69) is 0 Å². The molecule has 0 aromatic heterocycles. The van der Waals surface area contributed by atoms with Crippen molar-refractivity contribution in [3.8, 4) is 0 Å². The highest BCUT2D eigenvalue weighted by molar-refractivity contribution is 6.01. The highest BCUT2D eigenvalue weighted by Crippen LogP contribution is 1.98. The predicted octanol–water partition coefficient (Wildman–Crippen LogP) is 0.728. The Morgan fingerprint density at radius 3 is 1.45 bits per heavy atom. The molecule has 0 amide bonds. The van der Waals surface area contributed by atoms with Gasteiger partial charge in [0, 0.05) is 0 Å². The summed E-state index contributed by atoms with van der Waals surface area (Å²) < 4.78 is 0. The summed E-state index contributed by atoms with van der Waals surface area (Å²) in [6.45, 7) is 1.84. The summed E-state index contributed by atoms with van der Waals surface area (Å²) in [6, 6.07) is 0. The van der Waals surface area contributed by atoms with Crippen molar-refractivity contribution < 1.29 is 0 Å². The lowest BCUT2D eigenvalue weighted by Gasteiger charge is -2.08. The zero-order valence-corrected chi connectivity index (χ0v) is 7.89. The fraction of sp³-hybridized carbons (Fsp3) is 0.600. The van der Waals surface area contributed by atoms with Gasteiger partial charge >= 0.3 is 0 Å². The van der Waals surface area contributed by atoms with Gasteiger partial charge in [0.15, 0.2) is 0 Å². The first kappa shape index (κ1) is 16.9. The molecule has 68 valence electrons. The zero-order chi connectivity index (χ0) is 7.44. The molecule has 4 nitrogen and oxygen atoms in total. The largest absolute Gasteiger partial charge is 0.387 e. The molecular formula is C5H14Cl2N4. The molecule has 0 spiro atoms. The summed E-state index contributed by atoms with van der Waals surface area (Å²) in [5, 5.41) is 13.9. The molecule has 0 saturated heterocycles. The van der Waals surface area contributed by atoms with Crippen LogP contribution in [0.25, 0.3) is 0 Å². The van der Waals surface area contributed by atoms with E-state index in [9.17, 15) is 0 Å². The zero-order valence-electron chi connectivity index (χ0n) is 6.26. The van der Waals surface area contributed by atoms with Crippen molar-refractivity contribution in [2.24, 2.45) is 17.4 Å². The van der Waals surface area contributed by atoms with Crippen LogP contribution in [0, 0.1) is 16.7 Å². The van der Waals surface area contributed by atoms with Gasteiger partial charge in [-0.25, -0.2) is 0 Å². The quantitative estimate of drug-likeness (QED) is 0.399. The molecule has 0 bridgehead atoms. The second-order valence-corrected chi connectivity index (χ2v) is 1.87. The molecule has 0 saturated carbocycles. The molecule has 0 aromatic carbocycles. The summed E-state index contributed by atoms with van der Waals surface area (Å²) in [5.41, 5.74) is 10.2. The number of nitrogens with one attached hydrogen (secondary N) is 2. The van der Waals surface area contributed by atoms with Gasteiger partial charge in [-0.2, -0.15) is 0 Å². The van der Waals surface area contributed by atoms with Crippen molar-refractivity contribution in [3.05, 3.63) is 0 Å². The second-order valence-electron chi connectivity index (χ2n) is 1.87. The van der Waals surface area contributed by atoms with Crippen LogP contribution in [-0.2, 0) is 0 Å². The van der Waals surface area contributed by atoms with E-state index >= 15 is 0 Å². The minimum Gasteiger partial charge on any atom is -0.387 e. The monoisotopic (exact) mass is 200 g/mol. The van der Waals surface area contributed by atoms with E-state index in [1.807, 2.05) is 6.92 Å². The molecule has 0 radical (unpaired) electrons. The fourth-order valence-corrected chi connectivity index (χ4v) is 0.607. The fourth-order valence-electron chi connectivity index (χ4n) is 0.607. The number of amidine groups is 2. The van der Waals surface area contributed by atoms with Gasteiger partial charge in [0.1, 0.15) is 11.7 Å². The van der Waals surface area contributed by atoms with Crippen molar-refractivity contribution in [2.45, 2.75) is 13.3 Å². The first-order valence-corrected chi connectivity index (χ1v) is 2.77. The maximum atomic E-state index is 6.94. The van der Waals surface area contributed by atoms with Crippen molar-refractivity contribution in [1.82, 2.24) is 0 Å². The Balaban J connectivity index is -0.000000320. The first-order valence-electron chi connectivity index (χ1n) is 2.77. The van der Waals surface area contributed by atoms with Gasteiger partial charge < -0.3 is 11.5 Å². The van der Waals surface area contributed by atoms with Gasteiger partial charge in [-0.3, -0.25) is 10.8 Å². The van der Waals surface area contributed by atoms with E-state index in [-0.39, 0.29) is 42.4 Å². The van der Waals surface area contributed by atoms with Crippen LogP contribution in [0.4, 0.5) is 0 Å². The number of hydrogen-bond donors (Lipinski definition) is 4. The highest BCUT2D eigenvalue weighted by atomic mass is 35.5. The Bertz CT molecular complexity index is 122. The van der Waals surface area contributed by atoms with Crippen LogP contribution in [0.5, 0.6) is 0 Å². The minimum absolute atomic E-state index is 0. The summed E-state index contributed by atoms with van der Waals surface area (Å²) in [7, 11) is 0.